The Kier molecular flexibility index (Phi) is 5.63. The third-order valence-electron chi connectivity index (χ3n) is 3.45. The average Bonchev–Trinajstić information content (AvgIpc) is 2.36. The van der Waals surface area contributed by atoms with E-state index in [1.807, 2.05) is 12.3 Å². The molecule has 1 saturated heterocycles. The maximum Gasteiger partial charge on any atom is 0.105 e. The van der Waals surface area contributed by atoms with Gasteiger partial charge in [-0.15, -0.1) is 0 Å². The number of halogens is 2. The van der Waals surface area contributed by atoms with Gasteiger partial charge in [0.05, 0.1) is 5.69 Å². The lowest BCUT2D eigenvalue weighted by molar-refractivity contribution is -0.0321. The van der Waals surface area contributed by atoms with Crippen molar-refractivity contribution in [3.8, 4) is 0 Å². The minimum atomic E-state index is 0.0704. The molecule has 0 radical (unpaired) electrons. The van der Waals surface area contributed by atoms with Crippen LogP contribution in [0.1, 0.15) is 45.4 Å². The third kappa shape index (κ3) is 4.52. The average molecular weight is 406 g/mol. The number of nitrogens with zero attached hydrogens (tertiary/aromatic N) is 1. The molecule has 112 valence electrons. The third-order valence-corrected chi connectivity index (χ3v) is 4.51. The van der Waals surface area contributed by atoms with E-state index in [2.05, 4.69) is 62.9 Å². The molecule has 2 rings (SSSR count). The van der Waals surface area contributed by atoms with Crippen molar-refractivity contribution in [2.75, 3.05) is 13.2 Å². The SMILES string of the molecule is CC(C)(C)NCC1CCCOC1c1ncc(Br)cc1Br. The molecule has 0 aliphatic carbocycles. The Morgan fingerprint density at radius 1 is 1.40 bits per heavy atom. The molecule has 0 saturated carbocycles. The summed E-state index contributed by atoms with van der Waals surface area (Å²) in [5.41, 5.74) is 1.14. The molecule has 1 N–H and O–H groups in total. The van der Waals surface area contributed by atoms with Gasteiger partial charge in [-0.3, -0.25) is 4.98 Å². The van der Waals surface area contributed by atoms with Crippen molar-refractivity contribution in [3.05, 3.63) is 26.9 Å². The lowest BCUT2D eigenvalue weighted by atomic mass is 9.91. The maximum atomic E-state index is 6.01. The van der Waals surface area contributed by atoms with Crippen LogP contribution in [0, 0.1) is 5.92 Å². The normalized spacial score (nSPS) is 23.9. The summed E-state index contributed by atoms with van der Waals surface area (Å²) >= 11 is 7.05. The highest BCUT2D eigenvalue weighted by atomic mass is 79.9. The number of ether oxygens (including phenoxy) is 1. The molecule has 20 heavy (non-hydrogen) atoms. The minimum Gasteiger partial charge on any atom is -0.372 e. The van der Waals surface area contributed by atoms with E-state index in [4.69, 9.17) is 4.74 Å². The first kappa shape index (κ1) is 16.4. The molecule has 2 unspecified atom stereocenters. The molecule has 1 aromatic heterocycles. The largest absolute Gasteiger partial charge is 0.372 e. The fourth-order valence-corrected chi connectivity index (χ4v) is 3.64. The van der Waals surface area contributed by atoms with E-state index < -0.39 is 0 Å². The Bertz CT molecular complexity index is 460. The molecule has 2 heterocycles. The molecule has 3 nitrogen and oxygen atoms in total. The van der Waals surface area contributed by atoms with Gasteiger partial charge in [0.2, 0.25) is 0 Å². The number of hydrogen-bond acceptors (Lipinski definition) is 3. The van der Waals surface area contributed by atoms with Gasteiger partial charge in [0.25, 0.3) is 0 Å². The van der Waals surface area contributed by atoms with Crippen molar-refractivity contribution < 1.29 is 4.74 Å². The van der Waals surface area contributed by atoms with Gasteiger partial charge in [-0.2, -0.15) is 0 Å². The van der Waals surface area contributed by atoms with Crippen molar-refractivity contribution in [2.45, 2.75) is 45.3 Å². The molecular formula is C15H22Br2N2O. The van der Waals surface area contributed by atoms with Gasteiger partial charge in [-0.25, -0.2) is 0 Å². The minimum absolute atomic E-state index is 0.0704. The number of hydrogen-bond donors (Lipinski definition) is 1. The van der Waals surface area contributed by atoms with E-state index in [0.717, 1.165) is 34.2 Å². The zero-order chi connectivity index (χ0) is 14.8. The van der Waals surface area contributed by atoms with Gasteiger partial charge in [0.1, 0.15) is 6.10 Å². The van der Waals surface area contributed by atoms with E-state index in [1.54, 1.807) is 0 Å². The molecule has 0 bridgehead atoms. The predicted octanol–water partition coefficient (Wildman–Crippen LogP) is 4.46. The molecule has 1 aliphatic heterocycles. The van der Waals surface area contributed by atoms with E-state index in [1.165, 1.54) is 6.42 Å². The van der Waals surface area contributed by atoms with Crippen LogP contribution in [0.2, 0.25) is 0 Å². The van der Waals surface area contributed by atoms with Gasteiger partial charge in [-0.05, 0) is 71.5 Å². The molecule has 1 fully saturated rings. The maximum absolute atomic E-state index is 6.01. The topological polar surface area (TPSA) is 34.1 Å². The summed E-state index contributed by atoms with van der Waals surface area (Å²) in [6.07, 6.45) is 4.21. The second kappa shape index (κ2) is 6.86. The number of rotatable bonds is 3. The molecule has 1 aromatic rings. The van der Waals surface area contributed by atoms with Crippen LogP contribution in [-0.2, 0) is 4.74 Å². The van der Waals surface area contributed by atoms with E-state index in [-0.39, 0.29) is 11.6 Å². The second-order valence-corrected chi connectivity index (χ2v) is 8.12. The van der Waals surface area contributed by atoms with E-state index in [0.29, 0.717) is 5.92 Å². The fourth-order valence-electron chi connectivity index (χ4n) is 2.43. The van der Waals surface area contributed by atoms with Gasteiger partial charge < -0.3 is 10.1 Å². The van der Waals surface area contributed by atoms with Crippen molar-refractivity contribution in [1.29, 1.82) is 0 Å². The first-order chi connectivity index (χ1) is 9.37. The van der Waals surface area contributed by atoms with Crippen LogP contribution >= 0.6 is 31.9 Å². The summed E-state index contributed by atoms with van der Waals surface area (Å²) in [7, 11) is 0. The Morgan fingerprint density at radius 3 is 2.80 bits per heavy atom. The Morgan fingerprint density at radius 2 is 2.15 bits per heavy atom. The highest BCUT2D eigenvalue weighted by molar-refractivity contribution is 9.11. The quantitative estimate of drug-likeness (QED) is 0.805. The van der Waals surface area contributed by atoms with Crippen LogP contribution in [-0.4, -0.2) is 23.7 Å². The van der Waals surface area contributed by atoms with Crippen LogP contribution in [0.15, 0.2) is 21.2 Å². The predicted molar refractivity (Wildman–Crippen MR) is 88.8 cm³/mol. The smallest absolute Gasteiger partial charge is 0.105 e. The molecule has 0 amide bonds. The van der Waals surface area contributed by atoms with Crippen LogP contribution < -0.4 is 5.32 Å². The fraction of sp³-hybridized carbons (Fsp3) is 0.667. The first-order valence-corrected chi connectivity index (χ1v) is 8.63. The van der Waals surface area contributed by atoms with Gasteiger partial charge in [0, 0.05) is 39.8 Å². The number of aromatic nitrogens is 1. The molecule has 1 aliphatic rings. The second-order valence-electron chi connectivity index (χ2n) is 6.35. The summed E-state index contributed by atoms with van der Waals surface area (Å²) < 4.78 is 8.01. The molecule has 0 spiro atoms. The summed E-state index contributed by atoms with van der Waals surface area (Å²) in [4.78, 5) is 4.55. The lowest BCUT2D eigenvalue weighted by Crippen LogP contribution is -2.42. The highest BCUT2D eigenvalue weighted by Gasteiger charge is 2.30. The molecule has 5 heteroatoms. The number of pyridine rings is 1. The summed E-state index contributed by atoms with van der Waals surface area (Å²) in [5.74, 6) is 0.466. The number of nitrogens with one attached hydrogen (secondary N) is 1. The molecular weight excluding hydrogens is 384 g/mol. The molecule has 0 aromatic carbocycles. The summed E-state index contributed by atoms with van der Waals surface area (Å²) in [6, 6.07) is 2.04. The monoisotopic (exact) mass is 404 g/mol. The Balaban J connectivity index is 2.14. The van der Waals surface area contributed by atoms with Crippen LogP contribution in [0.25, 0.3) is 0 Å². The van der Waals surface area contributed by atoms with Gasteiger partial charge in [-0.1, -0.05) is 0 Å². The van der Waals surface area contributed by atoms with Crippen LogP contribution in [0.4, 0.5) is 0 Å². The Labute approximate surface area is 138 Å². The first-order valence-electron chi connectivity index (χ1n) is 7.04. The summed E-state index contributed by atoms with van der Waals surface area (Å²) in [5, 5.41) is 3.59. The lowest BCUT2D eigenvalue weighted by Gasteiger charge is -2.34. The van der Waals surface area contributed by atoms with E-state index >= 15 is 0 Å². The Hall–Kier alpha value is 0.0300. The van der Waals surface area contributed by atoms with Crippen molar-refractivity contribution in [2.24, 2.45) is 5.92 Å². The molecule has 2 atom stereocenters. The summed E-state index contributed by atoms with van der Waals surface area (Å²) in [6.45, 7) is 8.36. The highest BCUT2D eigenvalue weighted by Crippen LogP contribution is 2.36. The zero-order valence-corrected chi connectivity index (χ0v) is 15.4. The van der Waals surface area contributed by atoms with E-state index in [9.17, 15) is 0 Å². The van der Waals surface area contributed by atoms with Crippen LogP contribution in [0.3, 0.4) is 0 Å². The van der Waals surface area contributed by atoms with Crippen molar-refractivity contribution in [1.82, 2.24) is 10.3 Å². The van der Waals surface area contributed by atoms with Crippen molar-refractivity contribution >= 4 is 31.9 Å². The van der Waals surface area contributed by atoms with Crippen LogP contribution in [0.5, 0.6) is 0 Å². The zero-order valence-electron chi connectivity index (χ0n) is 12.2. The standard InChI is InChI=1S/C15H22Br2N2O/c1-15(2,3)19-8-10-5-4-6-20-14(10)13-12(17)7-11(16)9-18-13/h7,9-10,14,19H,4-6,8H2,1-3H3. The van der Waals surface area contributed by atoms with Crippen molar-refractivity contribution in [3.63, 3.8) is 0 Å². The van der Waals surface area contributed by atoms with Gasteiger partial charge in [0.15, 0.2) is 0 Å². The van der Waals surface area contributed by atoms with Gasteiger partial charge >= 0.3 is 0 Å².